The molecule has 1 aromatic heterocycles. The molecule has 0 bridgehead atoms. The maximum atomic E-state index is 10.6. The summed E-state index contributed by atoms with van der Waals surface area (Å²) in [5.41, 5.74) is 4.09. The standard InChI is InChI=1S/C28H37N3O3/c1-6-17-33-20-24(32)18-31(22(4)7-2)19-26-27(23-11-9-8-10-12-23)29-30(5)28(26)34-25-15-13-21(3)14-16-25/h6,8-16,22,24,32H,1,7,17-20H2,2-5H3. The Morgan fingerprint density at radius 3 is 2.50 bits per heavy atom. The Hall–Kier alpha value is -2.93. The number of nitrogens with zero attached hydrogens (tertiary/aromatic N) is 3. The van der Waals surface area contributed by atoms with Gasteiger partial charge in [-0.3, -0.25) is 4.90 Å². The molecule has 0 spiro atoms. The largest absolute Gasteiger partial charge is 0.439 e. The number of aromatic nitrogens is 2. The van der Waals surface area contributed by atoms with Crippen LogP contribution in [0.3, 0.4) is 0 Å². The molecule has 0 amide bonds. The molecular formula is C28H37N3O3. The van der Waals surface area contributed by atoms with Crippen LogP contribution in [-0.2, 0) is 18.3 Å². The molecule has 2 aromatic carbocycles. The number of rotatable bonds is 13. The summed E-state index contributed by atoms with van der Waals surface area (Å²) in [7, 11) is 1.91. The fraction of sp³-hybridized carbons (Fsp3) is 0.393. The fourth-order valence-electron chi connectivity index (χ4n) is 3.84. The SMILES string of the molecule is C=CCOCC(O)CN(Cc1c(-c2ccccc2)nn(C)c1Oc1ccc(C)cc1)C(C)CC. The van der Waals surface area contributed by atoms with Crippen molar-refractivity contribution >= 4 is 0 Å². The second-order valence-corrected chi connectivity index (χ2v) is 8.70. The third-order valence-corrected chi connectivity index (χ3v) is 5.94. The molecule has 0 aliphatic carbocycles. The second-order valence-electron chi connectivity index (χ2n) is 8.70. The number of aliphatic hydroxyl groups excluding tert-OH is 1. The molecule has 3 rings (SSSR count). The van der Waals surface area contributed by atoms with Gasteiger partial charge in [0.25, 0.3) is 0 Å². The van der Waals surface area contributed by atoms with Crippen molar-refractivity contribution in [3.8, 4) is 22.9 Å². The average Bonchev–Trinajstić information content (AvgIpc) is 3.15. The van der Waals surface area contributed by atoms with E-state index in [2.05, 4.69) is 44.4 Å². The lowest BCUT2D eigenvalue weighted by atomic mass is 10.1. The monoisotopic (exact) mass is 463 g/mol. The molecule has 6 nitrogen and oxygen atoms in total. The summed E-state index contributed by atoms with van der Waals surface area (Å²) in [6, 6.07) is 18.4. The van der Waals surface area contributed by atoms with Gasteiger partial charge in [0.15, 0.2) is 0 Å². The fourth-order valence-corrected chi connectivity index (χ4v) is 3.84. The molecule has 2 unspecified atom stereocenters. The molecule has 182 valence electrons. The van der Waals surface area contributed by atoms with E-state index in [1.165, 1.54) is 5.56 Å². The van der Waals surface area contributed by atoms with E-state index in [-0.39, 0.29) is 12.6 Å². The van der Waals surface area contributed by atoms with Gasteiger partial charge in [0.1, 0.15) is 11.4 Å². The highest BCUT2D eigenvalue weighted by atomic mass is 16.5. The molecular weight excluding hydrogens is 426 g/mol. The van der Waals surface area contributed by atoms with E-state index in [9.17, 15) is 5.11 Å². The summed E-state index contributed by atoms with van der Waals surface area (Å²) < 4.78 is 13.7. The Bertz CT molecular complexity index is 1030. The van der Waals surface area contributed by atoms with Crippen molar-refractivity contribution in [3.63, 3.8) is 0 Å². The Kier molecular flexibility index (Phi) is 9.45. The summed E-state index contributed by atoms with van der Waals surface area (Å²) in [6.07, 6.45) is 2.04. The van der Waals surface area contributed by atoms with Gasteiger partial charge in [-0.05, 0) is 32.4 Å². The predicted molar refractivity (Wildman–Crippen MR) is 137 cm³/mol. The first-order valence-electron chi connectivity index (χ1n) is 11.9. The summed E-state index contributed by atoms with van der Waals surface area (Å²) >= 11 is 0. The number of ether oxygens (including phenoxy) is 2. The summed E-state index contributed by atoms with van der Waals surface area (Å²) in [4.78, 5) is 2.27. The Balaban J connectivity index is 1.96. The molecule has 0 saturated carbocycles. The zero-order chi connectivity index (χ0) is 24.5. The maximum absolute atomic E-state index is 10.6. The second kappa shape index (κ2) is 12.5. The van der Waals surface area contributed by atoms with Crippen LogP contribution in [0.15, 0.2) is 67.3 Å². The van der Waals surface area contributed by atoms with Crippen LogP contribution in [0.2, 0.25) is 0 Å². The predicted octanol–water partition coefficient (Wildman–Crippen LogP) is 5.35. The average molecular weight is 464 g/mol. The molecule has 0 aliphatic heterocycles. The van der Waals surface area contributed by atoms with Crippen molar-refractivity contribution in [2.75, 3.05) is 19.8 Å². The number of benzene rings is 2. The summed E-state index contributed by atoms with van der Waals surface area (Å²) in [5.74, 6) is 1.47. The minimum absolute atomic E-state index is 0.255. The minimum Gasteiger partial charge on any atom is -0.439 e. The van der Waals surface area contributed by atoms with Gasteiger partial charge in [-0.15, -0.1) is 6.58 Å². The molecule has 0 saturated heterocycles. The van der Waals surface area contributed by atoms with Crippen LogP contribution in [0.25, 0.3) is 11.3 Å². The van der Waals surface area contributed by atoms with Crippen molar-refractivity contribution in [2.24, 2.45) is 7.05 Å². The van der Waals surface area contributed by atoms with E-state index in [4.69, 9.17) is 14.6 Å². The first kappa shape index (κ1) is 25.7. The molecule has 0 aliphatic rings. The first-order chi connectivity index (χ1) is 16.4. The molecule has 0 radical (unpaired) electrons. The van der Waals surface area contributed by atoms with Crippen LogP contribution in [0.5, 0.6) is 11.6 Å². The van der Waals surface area contributed by atoms with E-state index < -0.39 is 6.10 Å². The zero-order valence-corrected chi connectivity index (χ0v) is 20.8. The Morgan fingerprint density at radius 1 is 1.15 bits per heavy atom. The maximum Gasteiger partial charge on any atom is 0.222 e. The van der Waals surface area contributed by atoms with E-state index >= 15 is 0 Å². The third kappa shape index (κ3) is 6.79. The van der Waals surface area contributed by atoms with Gasteiger partial charge in [-0.1, -0.05) is 61.0 Å². The highest BCUT2D eigenvalue weighted by Gasteiger charge is 2.25. The number of aliphatic hydroxyl groups is 1. The van der Waals surface area contributed by atoms with Crippen LogP contribution in [0, 0.1) is 6.92 Å². The van der Waals surface area contributed by atoms with Crippen molar-refractivity contribution in [1.29, 1.82) is 0 Å². The lowest BCUT2D eigenvalue weighted by Crippen LogP contribution is -2.40. The van der Waals surface area contributed by atoms with E-state index in [0.29, 0.717) is 25.6 Å². The zero-order valence-electron chi connectivity index (χ0n) is 20.8. The highest BCUT2D eigenvalue weighted by Crippen LogP contribution is 2.34. The lowest BCUT2D eigenvalue weighted by molar-refractivity contribution is 0.0156. The normalized spacial score (nSPS) is 13.1. The van der Waals surface area contributed by atoms with Gasteiger partial charge < -0.3 is 14.6 Å². The van der Waals surface area contributed by atoms with Gasteiger partial charge in [-0.2, -0.15) is 5.10 Å². The van der Waals surface area contributed by atoms with Gasteiger partial charge in [0, 0.05) is 31.7 Å². The van der Waals surface area contributed by atoms with Crippen molar-refractivity contribution in [3.05, 3.63) is 78.4 Å². The summed E-state index contributed by atoms with van der Waals surface area (Å²) in [5, 5.41) is 15.5. The van der Waals surface area contributed by atoms with E-state index in [1.54, 1.807) is 10.8 Å². The summed E-state index contributed by atoms with van der Waals surface area (Å²) in [6.45, 7) is 11.8. The first-order valence-corrected chi connectivity index (χ1v) is 11.9. The molecule has 6 heteroatoms. The minimum atomic E-state index is -0.604. The van der Waals surface area contributed by atoms with Crippen LogP contribution in [0.1, 0.15) is 31.4 Å². The van der Waals surface area contributed by atoms with Gasteiger partial charge in [-0.25, -0.2) is 4.68 Å². The Labute approximate surface area is 203 Å². The van der Waals surface area contributed by atoms with Crippen LogP contribution in [0.4, 0.5) is 0 Å². The van der Waals surface area contributed by atoms with Crippen molar-refractivity contribution < 1.29 is 14.6 Å². The number of aryl methyl sites for hydroxylation is 2. The molecule has 1 heterocycles. The molecule has 34 heavy (non-hydrogen) atoms. The smallest absolute Gasteiger partial charge is 0.222 e. The van der Waals surface area contributed by atoms with E-state index in [0.717, 1.165) is 29.0 Å². The molecule has 0 fully saturated rings. The number of hydrogen-bond donors (Lipinski definition) is 1. The highest BCUT2D eigenvalue weighted by molar-refractivity contribution is 5.65. The lowest BCUT2D eigenvalue weighted by Gasteiger charge is -2.30. The van der Waals surface area contributed by atoms with Crippen molar-refractivity contribution in [1.82, 2.24) is 14.7 Å². The molecule has 3 aromatic rings. The van der Waals surface area contributed by atoms with Gasteiger partial charge >= 0.3 is 0 Å². The molecule has 2 atom stereocenters. The van der Waals surface area contributed by atoms with Crippen LogP contribution >= 0.6 is 0 Å². The topological polar surface area (TPSA) is 59.8 Å². The van der Waals surface area contributed by atoms with Gasteiger partial charge in [0.2, 0.25) is 5.88 Å². The molecule has 1 N–H and O–H groups in total. The van der Waals surface area contributed by atoms with Crippen LogP contribution < -0.4 is 4.74 Å². The van der Waals surface area contributed by atoms with Crippen LogP contribution in [-0.4, -0.2) is 51.7 Å². The Morgan fingerprint density at radius 2 is 1.85 bits per heavy atom. The van der Waals surface area contributed by atoms with E-state index in [1.807, 2.05) is 49.5 Å². The third-order valence-electron chi connectivity index (χ3n) is 5.94. The van der Waals surface area contributed by atoms with Gasteiger partial charge in [0.05, 0.1) is 24.9 Å². The van der Waals surface area contributed by atoms with Crippen molar-refractivity contribution in [2.45, 2.75) is 45.9 Å². The quantitative estimate of drug-likeness (QED) is 0.273. The number of hydrogen-bond acceptors (Lipinski definition) is 5.